The Morgan fingerprint density at radius 1 is 1.42 bits per heavy atom. The molecule has 1 amide bonds. The number of aliphatic hydroxyl groups is 1. The number of amides is 1. The van der Waals surface area contributed by atoms with Gasteiger partial charge in [0, 0.05) is 13.2 Å². The Labute approximate surface area is 112 Å². The summed E-state index contributed by atoms with van der Waals surface area (Å²) in [6, 6.07) is 4.87. The van der Waals surface area contributed by atoms with Crippen LogP contribution in [0.15, 0.2) is 18.2 Å². The van der Waals surface area contributed by atoms with Gasteiger partial charge in [0.05, 0.1) is 17.7 Å². The molecule has 2 rings (SSSR count). The van der Waals surface area contributed by atoms with Crippen LogP contribution in [0.1, 0.15) is 28.8 Å². The Hall–Kier alpha value is -1.59. The molecule has 104 valence electrons. The first-order valence-electron chi connectivity index (χ1n) is 6.37. The summed E-state index contributed by atoms with van der Waals surface area (Å²) < 4.78 is 5.24. The summed E-state index contributed by atoms with van der Waals surface area (Å²) in [7, 11) is 0. The zero-order valence-electron chi connectivity index (χ0n) is 11.0. The molecule has 0 bridgehead atoms. The van der Waals surface area contributed by atoms with Gasteiger partial charge in [-0.1, -0.05) is 11.6 Å². The van der Waals surface area contributed by atoms with Gasteiger partial charge in [-0.15, -0.1) is 0 Å². The molecule has 0 aromatic heterocycles. The van der Waals surface area contributed by atoms with Gasteiger partial charge in [-0.25, -0.2) is 0 Å². The van der Waals surface area contributed by atoms with E-state index in [0.717, 1.165) is 5.56 Å². The first-order valence-corrected chi connectivity index (χ1v) is 6.37. The largest absolute Gasteiger partial charge is 0.507 e. The maximum Gasteiger partial charge on any atom is 0.255 e. The average molecular weight is 265 g/mol. The number of benzene rings is 1. The number of carbonyl (C=O) groups excluding carboxylic acids is 1. The van der Waals surface area contributed by atoms with Crippen molar-refractivity contribution in [1.82, 2.24) is 5.32 Å². The number of aromatic hydroxyl groups is 1. The number of aryl methyl sites for hydroxylation is 1. The molecule has 1 aliphatic rings. The number of rotatable bonds is 3. The number of ether oxygens (including phenoxy) is 1. The van der Waals surface area contributed by atoms with Gasteiger partial charge in [0.2, 0.25) is 0 Å². The summed E-state index contributed by atoms with van der Waals surface area (Å²) in [5.74, 6) is -0.416. The number of phenols is 1. The molecule has 1 saturated heterocycles. The average Bonchev–Trinajstić information content (AvgIpc) is 2.42. The Morgan fingerprint density at radius 3 is 2.74 bits per heavy atom. The SMILES string of the molecule is Cc1ccc(O)c(C(=O)NC2(CO)CCOCC2)c1. The Morgan fingerprint density at radius 2 is 2.11 bits per heavy atom. The molecule has 0 saturated carbocycles. The van der Waals surface area contributed by atoms with Gasteiger partial charge in [0.15, 0.2) is 0 Å². The molecule has 5 nitrogen and oxygen atoms in total. The van der Waals surface area contributed by atoms with Gasteiger partial charge < -0.3 is 20.3 Å². The maximum atomic E-state index is 12.2. The molecule has 1 aromatic carbocycles. The molecule has 0 aliphatic carbocycles. The highest BCUT2D eigenvalue weighted by molar-refractivity contribution is 5.97. The fourth-order valence-electron chi connectivity index (χ4n) is 2.22. The summed E-state index contributed by atoms with van der Waals surface area (Å²) in [5.41, 5.74) is 0.484. The predicted octanol–water partition coefficient (Wildman–Crippen LogP) is 0.972. The van der Waals surface area contributed by atoms with Gasteiger partial charge in [-0.2, -0.15) is 0 Å². The van der Waals surface area contributed by atoms with Crippen molar-refractivity contribution >= 4 is 5.91 Å². The highest BCUT2D eigenvalue weighted by Crippen LogP contribution is 2.23. The standard InChI is InChI=1S/C14H19NO4/c1-10-2-3-12(17)11(8-10)13(18)15-14(9-16)4-6-19-7-5-14/h2-3,8,16-17H,4-7,9H2,1H3,(H,15,18). The van der Waals surface area contributed by atoms with Crippen LogP contribution in [0.4, 0.5) is 0 Å². The van der Waals surface area contributed by atoms with E-state index in [1.54, 1.807) is 12.1 Å². The lowest BCUT2D eigenvalue weighted by Gasteiger charge is -2.36. The topological polar surface area (TPSA) is 78.8 Å². The number of carbonyl (C=O) groups is 1. The molecule has 0 spiro atoms. The molecule has 3 N–H and O–H groups in total. The molecule has 0 atom stereocenters. The number of hydrogen-bond donors (Lipinski definition) is 3. The Kier molecular flexibility index (Phi) is 4.07. The van der Waals surface area contributed by atoms with E-state index >= 15 is 0 Å². The van der Waals surface area contributed by atoms with E-state index in [0.29, 0.717) is 26.1 Å². The fourth-order valence-corrected chi connectivity index (χ4v) is 2.22. The van der Waals surface area contributed by atoms with Gasteiger partial charge in [0.25, 0.3) is 5.91 Å². The van der Waals surface area contributed by atoms with Crippen LogP contribution in [0.2, 0.25) is 0 Å². The smallest absolute Gasteiger partial charge is 0.255 e. The normalized spacial score (nSPS) is 18.0. The highest BCUT2D eigenvalue weighted by atomic mass is 16.5. The minimum absolute atomic E-state index is 0.0525. The minimum Gasteiger partial charge on any atom is -0.507 e. The van der Waals surface area contributed by atoms with Crippen molar-refractivity contribution in [3.05, 3.63) is 29.3 Å². The molecule has 1 fully saturated rings. The molecule has 5 heteroatoms. The number of nitrogens with one attached hydrogen (secondary N) is 1. The van der Waals surface area contributed by atoms with Gasteiger partial charge in [-0.3, -0.25) is 4.79 Å². The van der Waals surface area contributed by atoms with E-state index in [1.807, 2.05) is 6.92 Å². The van der Waals surface area contributed by atoms with Crippen LogP contribution < -0.4 is 5.32 Å². The molecule has 19 heavy (non-hydrogen) atoms. The summed E-state index contributed by atoms with van der Waals surface area (Å²) in [5, 5.41) is 22.1. The van der Waals surface area contributed by atoms with E-state index < -0.39 is 5.54 Å². The molecule has 1 heterocycles. The fraction of sp³-hybridized carbons (Fsp3) is 0.500. The second kappa shape index (κ2) is 5.59. The van der Waals surface area contributed by atoms with Crippen molar-refractivity contribution in [2.24, 2.45) is 0 Å². The second-order valence-electron chi connectivity index (χ2n) is 5.03. The van der Waals surface area contributed by atoms with Crippen LogP contribution in [-0.4, -0.2) is 41.5 Å². The molecular weight excluding hydrogens is 246 g/mol. The number of phenolic OH excluding ortho intramolecular Hbond substituents is 1. The van der Waals surface area contributed by atoms with Crippen LogP contribution >= 0.6 is 0 Å². The third-order valence-electron chi connectivity index (χ3n) is 3.53. The maximum absolute atomic E-state index is 12.2. The van der Waals surface area contributed by atoms with E-state index in [-0.39, 0.29) is 23.8 Å². The summed E-state index contributed by atoms with van der Waals surface area (Å²) >= 11 is 0. The van der Waals surface area contributed by atoms with E-state index in [4.69, 9.17) is 4.74 Å². The first-order chi connectivity index (χ1) is 9.06. The number of aliphatic hydroxyl groups excluding tert-OH is 1. The zero-order chi connectivity index (χ0) is 13.9. The van der Waals surface area contributed by atoms with Crippen molar-refractivity contribution < 1.29 is 19.7 Å². The quantitative estimate of drug-likeness (QED) is 0.761. The van der Waals surface area contributed by atoms with Crippen LogP contribution in [0.3, 0.4) is 0 Å². The molecule has 0 radical (unpaired) electrons. The highest BCUT2D eigenvalue weighted by Gasteiger charge is 2.34. The van der Waals surface area contributed by atoms with Crippen molar-refractivity contribution in [2.75, 3.05) is 19.8 Å². The lowest BCUT2D eigenvalue weighted by molar-refractivity contribution is 0.0125. The van der Waals surface area contributed by atoms with Crippen LogP contribution in [0.25, 0.3) is 0 Å². The van der Waals surface area contributed by atoms with Crippen LogP contribution in [-0.2, 0) is 4.74 Å². The second-order valence-corrected chi connectivity index (χ2v) is 5.03. The molecular formula is C14H19NO4. The van der Waals surface area contributed by atoms with Crippen molar-refractivity contribution in [1.29, 1.82) is 0 Å². The van der Waals surface area contributed by atoms with Crippen molar-refractivity contribution in [2.45, 2.75) is 25.3 Å². The predicted molar refractivity (Wildman–Crippen MR) is 70.2 cm³/mol. The van der Waals surface area contributed by atoms with Gasteiger partial charge >= 0.3 is 0 Å². The van der Waals surface area contributed by atoms with E-state index in [2.05, 4.69) is 5.32 Å². The Bertz CT molecular complexity index is 467. The van der Waals surface area contributed by atoms with Crippen molar-refractivity contribution in [3.63, 3.8) is 0 Å². The van der Waals surface area contributed by atoms with E-state index in [1.165, 1.54) is 6.07 Å². The lowest BCUT2D eigenvalue weighted by atomic mass is 9.90. The zero-order valence-corrected chi connectivity index (χ0v) is 11.0. The Balaban J connectivity index is 2.17. The monoisotopic (exact) mass is 265 g/mol. The van der Waals surface area contributed by atoms with Gasteiger partial charge in [0.1, 0.15) is 5.75 Å². The molecule has 1 aromatic rings. The van der Waals surface area contributed by atoms with Crippen LogP contribution in [0.5, 0.6) is 5.75 Å². The summed E-state index contributed by atoms with van der Waals surface area (Å²) in [6.45, 7) is 2.75. The summed E-state index contributed by atoms with van der Waals surface area (Å²) in [4.78, 5) is 12.2. The minimum atomic E-state index is -0.647. The van der Waals surface area contributed by atoms with Crippen LogP contribution in [0, 0.1) is 6.92 Å². The third-order valence-corrected chi connectivity index (χ3v) is 3.53. The molecule has 1 aliphatic heterocycles. The third kappa shape index (κ3) is 3.05. The first kappa shape index (κ1) is 13.8. The van der Waals surface area contributed by atoms with E-state index in [9.17, 15) is 15.0 Å². The van der Waals surface area contributed by atoms with Crippen molar-refractivity contribution in [3.8, 4) is 5.75 Å². The summed E-state index contributed by atoms with van der Waals surface area (Å²) in [6.07, 6.45) is 1.14. The number of hydrogen-bond acceptors (Lipinski definition) is 4. The molecule has 0 unspecified atom stereocenters. The lowest BCUT2D eigenvalue weighted by Crippen LogP contribution is -2.54. The van der Waals surface area contributed by atoms with Gasteiger partial charge in [-0.05, 0) is 31.9 Å².